The van der Waals surface area contributed by atoms with E-state index in [1.807, 2.05) is 12.1 Å². The molecule has 2 aliphatic rings. The van der Waals surface area contributed by atoms with Gasteiger partial charge in [0.05, 0.1) is 41.3 Å². The zero-order chi connectivity index (χ0) is 22.8. The van der Waals surface area contributed by atoms with Gasteiger partial charge in [-0.25, -0.2) is 0 Å². The molecule has 4 atom stereocenters. The summed E-state index contributed by atoms with van der Waals surface area (Å²) in [4.78, 5) is 25.2. The predicted molar refractivity (Wildman–Crippen MR) is 113 cm³/mol. The van der Waals surface area contributed by atoms with Crippen molar-refractivity contribution in [3.63, 3.8) is 0 Å². The molecule has 0 aliphatic carbocycles. The van der Waals surface area contributed by atoms with E-state index in [0.29, 0.717) is 23.0 Å². The first kappa shape index (κ1) is 21.8. The third-order valence-corrected chi connectivity index (χ3v) is 6.12. The van der Waals surface area contributed by atoms with Crippen molar-refractivity contribution >= 4 is 11.9 Å². The number of fused-ring (bicyclic) bond motifs is 1. The molecule has 0 aromatic heterocycles. The van der Waals surface area contributed by atoms with Crippen LogP contribution in [0.25, 0.3) is 0 Å². The molecule has 2 saturated heterocycles. The van der Waals surface area contributed by atoms with Crippen molar-refractivity contribution in [2.45, 2.75) is 25.0 Å². The SMILES string of the molecule is COc1ccc([C@H]2OC(=O)C[C@H]3[C@@H]2CC(=O)O[C@@H]3c2ccc(OC)c(OC)c2)cc1OC. The molecule has 2 heterocycles. The summed E-state index contributed by atoms with van der Waals surface area (Å²) >= 11 is 0. The van der Waals surface area contributed by atoms with Crippen molar-refractivity contribution in [2.75, 3.05) is 28.4 Å². The second-order valence-corrected chi connectivity index (χ2v) is 7.79. The number of carbonyl (C=O) groups excluding carboxylic acids is 2. The lowest BCUT2D eigenvalue weighted by Crippen LogP contribution is -2.43. The molecule has 0 radical (unpaired) electrons. The second kappa shape index (κ2) is 8.98. The number of methoxy groups -OCH3 is 4. The fourth-order valence-corrected chi connectivity index (χ4v) is 4.60. The lowest BCUT2D eigenvalue weighted by Gasteiger charge is -2.44. The van der Waals surface area contributed by atoms with Gasteiger partial charge in [0.25, 0.3) is 0 Å². The molecule has 0 unspecified atom stereocenters. The topological polar surface area (TPSA) is 89.5 Å². The van der Waals surface area contributed by atoms with Gasteiger partial charge in [0.15, 0.2) is 23.0 Å². The van der Waals surface area contributed by atoms with Gasteiger partial charge in [0, 0.05) is 11.8 Å². The molecule has 8 heteroatoms. The van der Waals surface area contributed by atoms with Crippen molar-refractivity contribution in [2.24, 2.45) is 11.8 Å². The molecule has 4 rings (SSSR count). The van der Waals surface area contributed by atoms with Crippen LogP contribution in [0, 0.1) is 11.8 Å². The summed E-state index contributed by atoms with van der Waals surface area (Å²) < 4.78 is 32.9. The number of hydrogen-bond donors (Lipinski definition) is 0. The number of hydrogen-bond acceptors (Lipinski definition) is 8. The highest BCUT2D eigenvalue weighted by molar-refractivity contribution is 5.75. The number of cyclic esters (lactones) is 2. The minimum absolute atomic E-state index is 0.154. The van der Waals surface area contributed by atoms with Crippen molar-refractivity contribution in [1.29, 1.82) is 0 Å². The van der Waals surface area contributed by atoms with E-state index in [-0.39, 0.29) is 36.6 Å². The maximum atomic E-state index is 12.6. The monoisotopic (exact) mass is 442 g/mol. The van der Waals surface area contributed by atoms with Gasteiger partial charge < -0.3 is 28.4 Å². The first-order valence-electron chi connectivity index (χ1n) is 10.3. The third kappa shape index (κ3) is 3.92. The summed E-state index contributed by atoms with van der Waals surface area (Å²) in [5, 5.41) is 0. The Morgan fingerprint density at radius 3 is 1.34 bits per heavy atom. The molecule has 0 saturated carbocycles. The van der Waals surface area contributed by atoms with E-state index in [1.54, 1.807) is 52.7 Å². The van der Waals surface area contributed by atoms with Crippen molar-refractivity contribution in [3.05, 3.63) is 47.5 Å². The Labute approximate surface area is 186 Å². The molecule has 2 fully saturated rings. The maximum absolute atomic E-state index is 12.6. The molecule has 0 N–H and O–H groups in total. The first-order valence-corrected chi connectivity index (χ1v) is 10.3. The summed E-state index contributed by atoms with van der Waals surface area (Å²) in [7, 11) is 6.20. The summed E-state index contributed by atoms with van der Waals surface area (Å²) in [6, 6.07) is 10.7. The third-order valence-electron chi connectivity index (χ3n) is 6.12. The summed E-state index contributed by atoms with van der Waals surface area (Å²) in [6.45, 7) is 0. The van der Waals surface area contributed by atoms with E-state index in [4.69, 9.17) is 28.4 Å². The minimum Gasteiger partial charge on any atom is -0.493 e. The summed E-state index contributed by atoms with van der Waals surface area (Å²) in [5.41, 5.74) is 1.48. The second-order valence-electron chi connectivity index (χ2n) is 7.79. The lowest BCUT2D eigenvalue weighted by atomic mass is 9.72. The van der Waals surface area contributed by atoms with E-state index in [0.717, 1.165) is 11.1 Å². The normalized spacial score (nSPS) is 24.6. The zero-order valence-corrected chi connectivity index (χ0v) is 18.5. The Balaban J connectivity index is 1.72. The molecule has 32 heavy (non-hydrogen) atoms. The smallest absolute Gasteiger partial charge is 0.306 e. The van der Waals surface area contributed by atoms with Gasteiger partial charge in [-0.3, -0.25) is 9.59 Å². The summed E-state index contributed by atoms with van der Waals surface area (Å²) in [5.74, 6) is 1.03. The van der Waals surface area contributed by atoms with Crippen molar-refractivity contribution in [1.82, 2.24) is 0 Å². The Bertz CT molecular complexity index is 936. The van der Waals surface area contributed by atoms with Crippen LogP contribution in [0.4, 0.5) is 0 Å². The quantitative estimate of drug-likeness (QED) is 0.627. The highest BCUT2D eigenvalue weighted by Crippen LogP contribution is 2.51. The average Bonchev–Trinajstić information content (AvgIpc) is 2.82. The van der Waals surface area contributed by atoms with Crippen LogP contribution in [0.2, 0.25) is 0 Å². The van der Waals surface area contributed by atoms with Crippen LogP contribution >= 0.6 is 0 Å². The first-order chi connectivity index (χ1) is 15.5. The Morgan fingerprint density at radius 1 is 0.625 bits per heavy atom. The van der Waals surface area contributed by atoms with Crippen LogP contribution < -0.4 is 18.9 Å². The highest BCUT2D eigenvalue weighted by Gasteiger charge is 2.49. The largest absolute Gasteiger partial charge is 0.493 e. The van der Waals surface area contributed by atoms with Crippen LogP contribution in [0.1, 0.15) is 36.2 Å². The van der Waals surface area contributed by atoms with Gasteiger partial charge in [-0.15, -0.1) is 0 Å². The standard InChI is InChI=1S/C24H26O8/c1-27-17-7-5-13(9-19(17)29-3)23-15-11-22(26)32-24(16(15)12-21(25)31-23)14-6-8-18(28-2)20(10-14)30-4/h5-10,15-16,23-24H,11-12H2,1-4H3/t15-,16-,23+,24+/m0/s1. The van der Waals surface area contributed by atoms with E-state index in [2.05, 4.69) is 0 Å². The molecule has 0 bridgehead atoms. The molecule has 0 spiro atoms. The van der Waals surface area contributed by atoms with E-state index in [1.165, 1.54) is 0 Å². The van der Waals surface area contributed by atoms with E-state index in [9.17, 15) is 9.59 Å². The Hall–Kier alpha value is -3.42. The van der Waals surface area contributed by atoms with Crippen LogP contribution in [-0.4, -0.2) is 40.4 Å². The van der Waals surface area contributed by atoms with Gasteiger partial charge in [-0.2, -0.15) is 0 Å². The summed E-state index contributed by atoms with van der Waals surface area (Å²) in [6.07, 6.45) is -0.894. The lowest BCUT2D eigenvalue weighted by molar-refractivity contribution is -0.191. The molecule has 2 aromatic carbocycles. The van der Waals surface area contributed by atoms with Crippen LogP contribution in [0.5, 0.6) is 23.0 Å². The van der Waals surface area contributed by atoms with Gasteiger partial charge in [-0.05, 0) is 35.4 Å². The van der Waals surface area contributed by atoms with E-state index >= 15 is 0 Å². The fourth-order valence-electron chi connectivity index (χ4n) is 4.60. The number of carbonyl (C=O) groups is 2. The van der Waals surface area contributed by atoms with Gasteiger partial charge in [-0.1, -0.05) is 12.1 Å². The van der Waals surface area contributed by atoms with Crippen LogP contribution in [-0.2, 0) is 19.1 Å². The average molecular weight is 442 g/mol. The molecule has 8 nitrogen and oxygen atoms in total. The minimum atomic E-state index is -0.600. The van der Waals surface area contributed by atoms with Gasteiger partial charge >= 0.3 is 11.9 Å². The van der Waals surface area contributed by atoms with E-state index < -0.39 is 12.2 Å². The fraction of sp³-hybridized carbons (Fsp3) is 0.417. The maximum Gasteiger partial charge on any atom is 0.306 e. The Kier molecular flexibility index (Phi) is 6.12. The molecule has 2 aromatic rings. The van der Waals surface area contributed by atoms with Gasteiger partial charge in [0.1, 0.15) is 12.2 Å². The number of esters is 2. The Morgan fingerprint density at radius 2 is 1.00 bits per heavy atom. The number of ether oxygens (including phenoxy) is 6. The molecular formula is C24H26O8. The molecule has 170 valence electrons. The number of benzene rings is 2. The van der Waals surface area contributed by atoms with Crippen molar-refractivity contribution < 1.29 is 38.0 Å². The van der Waals surface area contributed by atoms with Crippen LogP contribution in [0.3, 0.4) is 0 Å². The molecular weight excluding hydrogens is 416 g/mol. The van der Waals surface area contributed by atoms with Crippen molar-refractivity contribution in [3.8, 4) is 23.0 Å². The van der Waals surface area contributed by atoms with Crippen LogP contribution in [0.15, 0.2) is 36.4 Å². The highest BCUT2D eigenvalue weighted by atomic mass is 16.6. The molecule has 2 aliphatic heterocycles. The molecule has 0 amide bonds. The predicted octanol–water partition coefficient (Wildman–Crippen LogP) is 3.63. The van der Waals surface area contributed by atoms with Gasteiger partial charge in [0.2, 0.25) is 0 Å². The zero-order valence-electron chi connectivity index (χ0n) is 18.5. The number of rotatable bonds is 6.